The molecule has 0 saturated carbocycles. The maximum Gasteiger partial charge on any atom is 0.332 e. The van der Waals surface area contributed by atoms with Gasteiger partial charge in [0, 0.05) is 6.07 Å². The maximum absolute atomic E-state index is 10.6. The highest BCUT2D eigenvalue weighted by Gasteiger charge is 2.15. The van der Waals surface area contributed by atoms with Crippen molar-refractivity contribution >= 4 is 28.9 Å². The van der Waals surface area contributed by atoms with Gasteiger partial charge < -0.3 is 5.11 Å². The topological polar surface area (TPSA) is 102 Å². The standard InChI is InChI=1S/C9H9ClN2O5/c1-5-2-8(12(15)16)6(10)3-7(5)11-17-4-9(13)14/h2-3,11H,4H2,1H3,(H,13,14). The molecule has 1 aromatic carbocycles. The molecule has 8 heteroatoms. The molecule has 0 heterocycles. The van der Waals surface area contributed by atoms with Gasteiger partial charge in [0.15, 0.2) is 6.61 Å². The Bertz CT molecular complexity index is 463. The lowest BCUT2D eigenvalue weighted by molar-refractivity contribution is -0.384. The number of aliphatic carboxylic acids is 1. The Labute approximate surface area is 101 Å². The molecule has 0 radical (unpaired) electrons. The summed E-state index contributed by atoms with van der Waals surface area (Å²) < 4.78 is 0. The molecule has 0 aliphatic carbocycles. The Balaban J connectivity index is 2.84. The average molecular weight is 261 g/mol. The summed E-state index contributed by atoms with van der Waals surface area (Å²) in [6.45, 7) is 1.07. The minimum atomic E-state index is -1.14. The summed E-state index contributed by atoms with van der Waals surface area (Å²) in [4.78, 5) is 24.8. The van der Waals surface area contributed by atoms with Crippen LogP contribution in [0.2, 0.25) is 5.02 Å². The van der Waals surface area contributed by atoms with Crippen molar-refractivity contribution in [3.63, 3.8) is 0 Å². The SMILES string of the molecule is Cc1cc([N+](=O)[O-])c(Cl)cc1NOCC(=O)O. The van der Waals surface area contributed by atoms with Crippen LogP contribution in [0.4, 0.5) is 11.4 Å². The summed E-state index contributed by atoms with van der Waals surface area (Å²) >= 11 is 5.68. The van der Waals surface area contributed by atoms with E-state index in [0.717, 1.165) is 0 Å². The molecule has 0 spiro atoms. The Morgan fingerprint density at radius 2 is 2.29 bits per heavy atom. The first-order valence-corrected chi connectivity index (χ1v) is 4.83. The molecule has 0 unspecified atom stereocenters. The molecule has 0 bridgehead atoms. The van der Waals surface area contributed by atoms with Gasteiger partial charge in [-0.1, -0.05) is 11.6 Å². The molecule has 17 heavy (non-hydrogen) atoms. The second-order valence-electron chi connectivity index (χ2n) is 3.16. The van der Waals surface area contributed by atoms with Crippen LogP contribution in [0.3, 0.4) is 0 Å². The molecule has 0 aliphatic heterocycles. The van der Waals surface area contributed by atoms with E-state index < -0.39 is 17.5 Å². The number of carboxylic acid groups (broad SMARTS) is 1. The summed E-state index contributed by atoms with van der Waals surface area (Å²) in [6, 6.07) is 2.58. The van der Waals surface area contributed by atoms with E-state index >= 15 is 0 Å². The molecule has 92 valence electrons. The lowest BCUT2D eigenvalue weighted by Crippen LogP contribution is -2.12. The van der Waals surface area contributed by atoms with Gasteiger partial charge in [-0.05, 0) is 18.6 Å². The van der Waals surface area contributed by atoms with Gasteiger partial charge in [-0.3, -0.25) is 20.4 Å². The fraction of sp³-hybridized carbons (Fsp3) is 0.222. The van der Waals surface area contributed by atoms with Crippen LogP contribution in [0.25, 0.3) is 0 Å². The molecular formula is C9H9ClN2O5. The Hall–Kier alpha value is -1.86. The summed E-state index contributed by atoms with van der Waals surface area (Å²) in [5.74, 6) is -1.14. The van der Waals surface area contributed by atoms with E-state index in [1.54, 1.807) is 6.92 Å². The summed E-state index contributed by atoms with van der Waals surface area (Å²) in [5, 5.41) is 18.9. The van der Waals surface area contributed by atoms with E-state index in [2.05, 4.69) is 10.3 Å². The molecule has 0 amide bonds. The van der Waals surface area contributed by atoms with Crippen LogP contribution in [-0.4, -0.2) is 22.6 Å². The molecule has 1 aromatic rings. The van der Waals surface area contributed by atoms with E-state index in [4.69, 9.17) is 16.7 Å². The zero-order chi connectivity index (χ0) is 13.0. The zero-order valence-electron chi connectivity index (χ0n) is 8.77. The average Bonchev–Trinajstić information content (AvgIpc) is 2.21. The quantitative estimate of drug-likeness (QED) is 0.620. The minimum absolute atomic E-state index is 0.0537. The highest BCUT2D eigenvalue weighted by molar-refractivity contribution is 6.33. The highest BCUT2D eigenvalue weighted by atomic mass is 35.5. The number of nitro groups is 1. The smallest absolute Gasteiger partial charge is 0.332 e. The van der Waals surface area contributed by atoms with Crippen molar-refractivity contribution in [2.75, 3.05) is 12.1 Å². The van der Waals surface area contributed by atoms with Crippen LogP contribution in [0.15, 0.2) is 12.1 Å². The molecule has 7 nitrogen and oxygen atoms in total. The number of carboxylic acids is 1. The number of hydrogen-bond donors (Lipinski definition) is 2. The maximum atomic E-state index is 10.6. The van der Waals surface area contributed by atoms with E-state index in [-0.39, 0.29) is 10.7 Å². The van der Waals surface area contributed by atoms with Gasteiger partial charge in [0.1, 0.15) is 5.02 Å². The first-order valence-electron chi connectivity index (χ1n) is 4.46. The zero-order valence-corrected chi connectivity index (χ0v) is 9.52. The fourth-order valence-corrected chi connectivity index (χ4v) is 1.32. The van der Waals surface area contributed by atoms with Gasteiger partial charge in [-0.25, -0.2) is 4.79 Å². The van der Waals surface area contributed by atoms with E-state index in [1.807, 2.05) is 0 Å². The Morgan fingerprint density at radius 1 is 1.65 bits per heavy atom. The number of carbonyl (C=O) groups is 1. The number of hydrogen-bond acceptors (Lipinski definition) is 5. The van der Waals surface area contributed by atoms with Crippen molar-refractivity contribution in [3.05, 3.63) is 32.8 Å². The Kier molecular flexibility index (Phi) is 4.24. The van der Waals surface area contributed by atoms with Crippen LogP contribution in [0.1, 0.15) is 5.56 Å². The summed E-state index contributed by atoms with van der Waals surface area (Å²) in [7, 11) is 0. The summed E-state index contributed by atoms with van der Waals surface area (Å²) in [6.07, 6.45) is 0. The van der Waals surface area contributed by atoms with Gasteiger partial charge in [0.05, 0.1) is 10.6 Å². The fourth-order valence-electron chi connectivity index (χ4n) is 1.09. The first kappa shape index (κ1) is 13.2. The van der Waals surface area contributed by atoms with Crippen LogP contribution < -0.4 is 5.48 Å². The third kappa shape index (κ3) is 3.58. The number of rotatable bonds is 5. The van der Waals surface area contributed by atoms with Crippen LogP contribution in [0.5, 0.6) is 0 Å². The van der Waals surface area contributed by atoms with Gasteiger partial charge in [0.2, 0.25) is 0 Å². The predicted molar refractivity (Wildman–Crippen MR) is 60.1 cm³/mol. The van der Waals surface area contributed by atoms with Gasteiger partial charge in [-0.15, -0.1) is 0 Å². The number of nitrogens with one attached hydrogen (secondary N) is 1. The molecule has 0 saturated heterocycles. The van der Waals surface area contributed by atoms with E-state index in [1.165, 1.54) is 12.1 Å². The molecule has 0 fully saturated rings. The van der Waals surface area contributed by atoms with Crippen molar-refractivity contribution in [3.8, 4) is 0 Å². The van der Waals surface area contributed by atoms with Crippen molar-refractivity contribution in [2.24, 2.45) is 0 Å². The molecule has 2 N–H and O–H groups in total. The highest BCUT2D eigenvalue weighted by Crippen LogP contribution is 2.30. The number of nitro benzene ring substituents is 1. The van der Waals surface area contributed by atoms with Crippen LogP contribution in [-0.2, 0) is 9.63 Å². The number of benzene rings is 1. The first-order chi connectivity index (χ1) is 7.91. The van der Waals surface area contributed by atoms with Gasteiger partial charge in [0.25, 0.3) is 5.69 Å². The second-order valence-corrected chi connectivity index (χ2v) is 3.57. The number of aryl methyl sites for hydroxylation is 1. The molecule has 1 rings (SSSR count). The second kappa shape index (κ2) is 5.46. The molecule has 0 aliphatic rings. The summed E-state index contributed by atoms with van der Waals surface area (Å²) in [5.41, 5.74) is 3.05. The number of nitrogens with zero attached hydrogens (tertiary/aromatic N) is 1. The van der Waals surface area contributed by atoms with Crippen molar-refractivity contribution in [1.82, 2.24) is 0 Å². The predicted octanol–water partition coefficient (Wildman–Crippen LogP) is 1.98. The van der Waals surface area contributed by atoms with Crippen molar-refractivity contribution in [1.29, 1.82) is 0 Å². The van der Waals surface area contributed by atoms with Crippen LogP contribution >= 0.6 is 11.6 Å². The molecule has 0 aromatic heterocycles. The normalized spacial score (nSPS) is 10.0. The van der Waals surface area contributed by atoms with Crippen molar-refractivity contribution in [2.45, 2.75) is 6.92 Å². The van der Waals surface area contributed by atoms with E-state index in [0.29, 0.717) is 11.3 Å². The van der Waals surface area contributed by atoms with Crippen molar-refractivity contribution < 1.29 is 19.7 Å². The third-order valence-corrected chi connectivity index (χ3v) is 2.17. The van der Waals surface area contributed by atoms with Gasteiger partial charge in [-0.2, -0.15) is 0 Å². The third-order valence-electron chi connectivity index (χ3n) is 1.87. The molecular weight excluding hydrogens is 252 g/mol. The van der Waals surface area contributed by atoms with Crippen LogP contribution in [0, 0.1) is 17.0 Å². The molecule has 0 atom stereocenters. The monoisotopic (exact) mass is 260 g/mol. The number of halogens is 1. The largest absolute Gasteiger partial charge is 0.479 e. The van der Waals surface area contributed by atoms with E-state index in [9.17, 15) is 14.9 Å². The number of anilines is 1. The lowest BCUT2D eigenvalue weighted by atomic mass is 10.2. The Morgan fingerprint density at radius 3 is 2.82 bits per heavy atom. The van der Waals surface area contributed by atoms with Gasteiger partial charge >= 0.3 is 5.97 Å². The lowest BCUT2D eigenvalue weighted by Gasteiger charge is -2.08. The minimum Gasteiger partial charge on any atom is -0.479 e.